The molecule has 0 aromatic heterocycles. The maximum atomic E-state index is 6.15. The van der Waals surface area contributed by atoms with Crippen LogP contribution in [0.4, 0.5) is 0 Å². The summed E-state index contributed by atoms with van der Waals surface area (Å²) in [5.41, 5.74) is 8.53. The van der Waals surface area contributed by atoms with Gasteiger partial charge in [-0.05, 0) is 25.8 Å². The van der Waals surface area contributed by atoms with Crippen molar-refractivity contribution >= 4 is 0 Å². The summed E-state index contributed by atoms with van der Waals surface area (Å²) in [5.74, 6) is 0. The largest absolute Gasteiger partial charge is 0.379 e. The minimum atomic E-state index is -0.0460. The van der Waals surface area contributed by atoms with E-state index < -0.39 is 0 Å². The predicted molar refractivity (Wildman–Crippen MR) is 74.6 cm³/mol. The van der Waals surface area contributed by atoms with Gasteiger partial charge in [-0.1, -0.05) is 36.8 Å². The SMILES string of the molecule is CCOCCOC(c1cccc(C)c1)C(N)CC. The van der Waals surface area contributed by atoms with Crippen LogP contribution in [0.25, 0.3) is 0 Å². The molecule has 0 spiro atoms. The van der Waals surface area contributed by atoms with Gasteiger partial charge in [0.1, 0.15) is 0 Å². The van der Waals surface area contributed by atoms with Crippen molar-refractivity contribution in [2.75, 3.05) is 19.8 Å². The highest BCUT2D eigenvalue weighted by atomic mass is 16.5. The van der Waals surface area contributed by atoms with Crippen molar-refractivity contribution in [1.82, 2.24) is 0 Å². The molecule has 3 nitrogen and oxygen atoms in total. The summed E-state index contributed by atoms with van der Waals surface area (Å²) in [7, 11) is 0. The summed E-state index contributed by atoms with van der Waals surface area (Å²) in [6, 6.07) is 8.37. The lowest BCUT2D eigenvalue weighted by atomic mass is 9.99. The Morgan fingerprint density at radius 3 is 2.61 bits per heavy atom. The van der Waals surface area contributed by atoms with Gasteiger partial charge in [0, 0.05) is 12.6 Å². The first kappa shape index (κ1) is 15.2. The van der Waals surface area contributed by atoms with Crippen LogP contribution >= 0.6 is 0 Å². The molecule has 0 heterocycles. The van der Waals surface area contributed by atoms with Gasteiger partial charge in [-0.25, -0.2) is 0 Å². The van der Waals surface area contributed by atoms with E-state index in [1.165, 1.54) is 5.56 Å². The van der Waals surface area contributed by atoms with Crippen LogP contribution < -0.4 is 5.73 Å². The van der Waals surface area contributed by atoms with Gasteiger partial charge in [0.05, 0.1) is 19.3 Å². The van der Waals surface area contributed by atoms with Gasteiger partial charge in [0.15, 0.2) is 0 Å². The molecule has 0 bridgehead atoms. The van der Waals surface area contributed by atoms with Gasteiger partial charge in [0.25, 0.3) is 0 Å². The minimum absolute atomic E-state index is 0.0217. The number of rotatable bonds is 8. The molecule has 2 N–H and O–H groups in total. The Morgan fingerprint density at radius 2 is 2.00 bits per heavy atom. The predicted octanol–water partition coefficient (Wildman–Crippen LogP) is 2.83. The first-order valence-electron chi connectivity index (χ1n) is 6.70. The van der Waals surface area contributed by atoms with E-state index >= 15 is 0 Å². The molecule has 3 heteroatoms. The van der Waals surface area contributed by atoms with Crippen LogP contribution in [0.2, 0.25) is 0 Å². The Morgan fingerprint density at radius 1 is 1.22 bits per heavy atom. The third-order valence-electron chi connectivity index (χ3n) is 2.96. The van der Waals surface area contributed by atoms with Crippen LogP contribution in [0.15, 0.2) is 24.3 Å². The van der Waals surface area contributed by atoms with Crippen LogP contribution in [0.5, 0.6) is 0 Å². The molecule has 1 rings (SSSR count). The molecule has 0 aliphatic rings. The minimum Gasteiger partial charge on any atom is -0.379 e. The Kier molecular flexibility index (Phi) is 6.94. The van der Waals surface area contributed by atoms with Crippen LogP contribution in [-0.2, 0) is 9.47 Å². The fraction of sp³-hybridized carbons (Fsp3) is 0.600. The highest BCUT2D eigenvalue weighted by Gasteiger charge is 2.19. The van der Waals surface area contributed by atoms with Crippen LogP contribution in [-0.4, -0.2) is 25.9 Å². The van der Waals surface area contributed by atoms with Crippen molar-refractivity contribution < 1.29 is 9.47 Å². The standard InChI is InChI=1S/C15H25NO2/c1-4-14(16)15(18-10-9-17-5-2)13-8-6-7-12(3)11-13/h6-8,11,14-15H,4-5,9-10,16H2,1-3H3. The van der Waals surface area contributed by atoms with Crippen molar-refractivity contribution in [2.24, 2.45) is 5.73 Å². The number of nitrogens with two attached hydrogens (primary N) is 1. The smallest absolute Gasteiger partial charge is 0.0976 e. The molecule has 0 aliphatic heterocycles. The Balaban J connectivity index is 2.66. The van der Waals surface area contributed by atoms with Crippen molar-refractivity contribution in [3.63, 3.8) is 0 Å². The lowest BCUT2D eigenvalue weighted by Gasteiger charge is -2.24. The second-order valence-corrected chi connectivity index (χ2v) is 4.47. The van der Waals surface area contributed by atoms with Crippen molar-refractivity contribution in [2.45, 2.75) is 39.3 Å². The zero-order chi connectivity index (χ0) is 13.4. The first-order chi connectivity index (χ1) is 8.69. The van der Waals surface area contributed by atoms with Crippen LogP contribution in [0.1, 0.15) is 37.5 Å². The first-order valence-corrected chi connectivity index (χ1v) is 6.70. The van der Waals surface area contributed by atoms with E-state index in [-0.39, 0.29) is 12.1 Å². The molecule has 102 valence electrons. The number of benzene rings is 1. The zero-order valence-electron chi connectivity index (χ0n) is 11.7. The third kappa shape index (κ3) is 4.77. The van der Waals surface area contributed by atoms with Gasteiger partial charge in [-0.15, -0.1) is 0 Å². The maximum absolute atomic E-state index is 6.15. The molecule has 18 heavy (non-hydrogen) atoms. The van der Waals surface area contributed by atoms with Crippen LogP contribution in [0, 0.1) is 6.92 Å². The molecule has 1 aromatic rings. The van der Waals surface area contributed by atoms with Crippen molar-refractivity contribution in [3.05, 3.63) is 35.4 Å². The summed E-state index contributed by atoms with van der Waals surface area (Å²) in [6.45, 7) is 8.07. The Labute approximate surface area is 110 Å². The van der Waals surface area contributed by atoms with Crippen molar-refractivity contribution in [1.29, 1.82) is 0 Å². The molecule has 0 fully saturated rings. The van der Waals surface area contributed by atoms with Gasteiger partial charge >= 0.3 is 0 Å². The summed E-state index contributed by atoms with van der Waals surface area (Å²) in [5, 5.41) is 0. The van der Waals surface area contributed by atoms with E-state index in [0.29, 0.717) is 13.2 Å². The maximum Gasteiger partial charge on any atom is 0.0976 e. The molecule has 0 aliphatic carbocycles. The number of aryl methyl sites for hydroxylation is 1. The molecule has 2 unspecified atom stereocenters. The number of hydrogen-bond donors (Lipinski definition) is 1. The summed E-state index contributed by atoms with van der Waals surface area (Å²) < 4.78 is 11.2. The third-order valence-corrected chi connectivity index (χ3v) is 2.96. The van der Waals surface area contributed by atoms with E-state index in [4.69, 9.17) is 15.2 Å². The van der Waals surface area contributed by atoms with Gasteiger partial charge < -0.3 is 15.2 Å². The molecule has 0 radical (unpaired) electrons. The van der Waals surface area contributed by atoms with Crippen molar-refractivity contribution in [3.8, 4) is 0 Å². The quantitative estimate of drug-likeness (QED) is 0.723. The second-order valence-electron chi connectivity index (χ2n) is 4.47. The monoisotopic (exact) mass is 251 g/mol. The van der Waals surface area contributed by atoms with E-state index in [1.807, 2.05) is 13.0 Å². The number of ether oxygens (including phenoxy) is 2. The average Bonchev–Trinajstić information content (AvgIpc) is 2.38. The van der Waals surface area contributed by atoms with Gasteiger partial charge in [-0.3, -0.25) is 0 Å². The molecule has 0 saturated carbocycles. The fourth-order valence-corrected chi connectivity index (χ4v) is 1.91. The molecule has 1 aromatic carbocycles. The lowest BCUT2D eigenvalue weighted by Crippen LogP contribution is -2.30. The lowest BCUT2D eigenvalue weighted by molar-refractivity contribution is -0.00550. The second kappa shape index (κ2) is 8.25. The van der Waals surface area contributed by atoms with E-state index in [1.54, 1.807) is 0 Å². The molecular weight excluding hydrogens is 226 g/mol. The van der Waals surface area contributed by atoms with E-state index in [0.717, 1.165) is 18.6 Å². The highest BCUT2D eigenvalue weighted by molar-refractivity contribution is 5.25. The average molecular weight is 251 g/mol. The normalized spacial score (nSPS) is 14.4. The van der Waals surface area contributed by atoms with Crippen LogP contribution in [0.3, 0.4) is 0 Å². The molecule has 2 atom stereocenters. The molecule has 0 amide bonds. The summed E-state index contributed by atoms with van der Waals surface area (Å²) in [4.78, 5) is 0. The Bertz CT molecular complexity index is 341. The van der Waals surface area contributed by atoms with E-state index in [9.17, 15) is 0 Å². The van der Waals surface area contributed by atoms with Gasteiger partial charge in [-0.2, -0.15) is 0 Å². The fourth-order valence-electron chi connectivity index (χ4n) is 1.91. The number of hydrogen-bond acceptors (Lipinski definition) is 3. The Hall–Kier alpha value is -0.900. The molecular formula is C15H25NO2. The topological polar surface area (TPSA) is 44.5 Å². The zero-order valence-corrected chi connectivity index (χ0v) is 11.7. The van der Waals surface area contributed by atoms with E-state index in [2.05, 4.69) is 32.0 Å². The highest BCUT2D eigenvalue weighted by Crippen LogP contribution is 2.22. The summed E-state index contributed by atoms with van der Waals surface area (Å²) in [6.07, 6.45) is 0.850. The van der Waals surface area contributed by atoms with Gasteiger partial charge in [0.2, 0.25) is 0 Å². The molecule has 0 saturated heterocycles. The summed E-state index contributed by atoms with van der Waals surface area (Å²) >= 11 is 0.